The van der Waals surface area contributed by atoms with E-state index in [1.54, 1.807) is 0 Å². The molecule has 0 aliphatic carbocycles. The van der Waals surface area contributed by atoms with Crippen molar-refractivity contribution in [2.24, 2.45) is 0 Å². The fourth-order valence-electron chi connectivity index (χ4n) is 1.04. The minimum atomic E-state index is -4.70. The Morgan fingerprint density at radius 1 is 0.579 bits per heavy atom. The van der Waals surface area contributed by atoms with Crippen LogP contribution in [0.3, 0.4) is 0 Å². The van der Waals surface area contributed by atoms with E-state index in [1.807, 2.05) is 0 Å². The maximum Gasteiger partial charge on any atom is 0.332 e. The van der Waals surface area contributed by atoms with Crippen LogP contribution in [0.15, 0.2) is 0 Å². The number of hydrogen-bond acceptors (Lipinski definition) is 1. The molecular weight excluding hydrogens is 288 g/mol. The molecule has 0 atom stereocenters. The van der Waals surface area contributed by atoms with Gasteiger partial charge < -0.3 is 4.74 Å². The van der Waals surface area contributed by atoms with Crippen molar-refractivity contribution in [3.8, 4) is 0 Å². The second-order valence-electron chi connectivity index (χ2n) is 4.02. The van der Waals surface area contributed by atoms with Gasteiger partial charge in [0.2, 0.25) is 0 Å². The van der Waals surface area contributed by atoms with Crippen molar-refractivity contribution in [1.29, 1.82) is 0 Å². The first kappa shape index (κ1) is 18.4. The quantitative estimate of drug-likeness (QED) is 0.605. The second kappa shape index (κ2) is 5.80. The molecule has 0 saturated carbocycles. The molecule has 0 fully saturated rings. The first-order valence-electron chi connectivity index (χ1n) is 5.42. The summed E-state index contributed by atoms with van der Waals surface area (Å²) in [7, 11) is 0. The van der Waals surface area contributed by atoms with E-state index in [0.29, 0.717) is 0 Å². The van der Waals surface area contributed by atoms with Gasteiger partial charge >= 0.3 is 23.7 Å². The molecule has 19 heavy (non-hydrogen) atoms. The van der Waals surface area contributed by atoms with Gasteiger partial charge in [-0.2, -0.15) is 35.1 Å². The van der Waals surface area contributed by atoms with Crippen molar-refractivity contribution in [3.63, 3.8) is 0 Å². The van der Waals surface area contributed by atoms with Crippen LogP contribution < -0.4 is 0 Å². The summed E-state index contributed by atoms with van der Waals surface area (Å²) in [6, 6.07) is 0. The summed E-state index contributed by atoms with van der Waals surface area (Å²) in [4.78, 5) is 0. The fourth-order valence-corrected chi connectivity index (χ4v) is 1.04. The third-order valence-electron chi connectivity index (χ3n) is 2.52. The molecule has 0 aliphatic heterocycles. The molecule has 0 spiro atoms. The highest BCUT2D eigenvalue weighted by molar-refractivity contribution is 4.86. The minimum Gasteiger partial charge on any atom is -0.368 e. The molecule has 1 nitrogen and oxygen atoms in total. The number of ether oxygens (including phenoxy) is 1. The van der Waals surface area contributed by atoms with Gasteiger partial charge in [-0.1, -0.05) is 13.8 Å². The van der Waals surface area contributed by atoms with E-state index in [1.165, 1.54) is 0 Å². The highest BCUT2D eigenvalue weighted by atomic mass is 19.3. The molecule has 0 radical (unpaired) electrons. The Kier molecular flexibility index (Phi) is 5.62. The number of hydrogen-bond donors (Lipinski definition) is 0. The van der Waals surface area contributed by atoms with Crippen molar-refractivity contribution in [3.05, 3.63) is 0 Å². The average Bonchev–Trinajstić information content (AvgIpc) is 2.27. The lowest BCUT2D eigenvalue weighted by Gasteiger charge is -2.28. The molecule has 0 rings (SSSR count). The summed E-state index contributed by atoms with van der Waals surface area (Å²) in [5.74, 6) is -18.3. The molecule has 116 valence electrons. The van der Waals surface area contributed by atoms with Gasteiger partial charge in [0.15, 0.2) is 0 Å². The predicted molar refractivity (Wildman–Crippen MR) is 51.2 cm³/mol. The van der Waals surface area contributed by atoms with Gasteiger partial charge in [0, 0.05) is 12.8 Å². The van der Waals surface area contributed by atoms with Crippen LogP contribution in [0.2, 0.25) is 0 Å². The normalized spacial score (nSPS) is 14.8. The molecule has 9 heteroatoms. The monoisotopic (exact) mass is 302 g/mol. The van der Waals surface area contributed by atoms with E-state index in [0.717, 1.165) is 13.8 Å². The Morgan fingerprint density at radius 3 is 1.05 bits per heavy atom. The van der Waals surface area contributed by atoms with Gasteiger partial charge in [0.1, 0.15) is 13.2 Å². The van der Waals surface area contributed by atoms with Gasteiger partial charge in [-0.15, -0.1) is 0 Å². The van der Waals surface area contributed by atoms with Crippen LogP contribution in [0.4, 0.5) is 35.1 Å². The van der Waals surface area contributed by atoms with E-state index >= 15 is 0 Å². The van der Waals surface area contributed by atoms with Crippen LogP contribution in [0.5, 0.6) is 0 Å². The van der Waals surface area contributed by atoms with E-state index in [-0.39, 0.29) is 0 Å². The Labute approximate surface area is 104 Å². The maximum absolute atomic E-state index is 12.8. The fraction of sp³-hybridized carbons (Fsp3) is 1.00. The summed E-state index contributed by atoms with van der Waals surface area (Å²) in [6.45, 7) is -2.56. The van der Waals surface area contributed by atoms with Crippen LogP contribution in [0.1, 0.15) is 26.7 Å². The van der Waals surface area contributed by atoms with E-state index in [2.05, 4.69) is 4.74 Å². The first-order valence-corrected chi connectivity index (χ1v) is 5.42. The van der Waals surface area contributed by atoms with E-state index < -0.39 is 49.7 Å². The summed E-state index contributed by atoms with van der Waals surface area (Å²) in [5.41, 5.74) is 0. The molecule has 0 unspecified atom stereocenters. The average molecular weight is 302 g/mol. The third kappa shape index (κ3) is 4.19. The van der Waals surface area contributed by atoms with Crippen molar-refractivity contribution in [2.45, 2.75) is 50.4 Å². The maximum atomic E-state index is 12.8. The predicted octanol–water partition coefficient (Wildman–Crippen LogP) is 4.36. The van der Waals surface area contributed by atoms with Crippen molar-refractivity contribution in [1.82, 2.24) is 0 Å². The highest BCUT2D eigenvalue weighted by Gasteiger charge is 2.57. The van der Waals surface area contributed by atoms with Crippen LogP contribution >= 0.6 is 0 Å². The lowest BCUT2D eigenvalue weighted by molar-refractivity contribution is -0.264. The summed E-state index contributed by atoms with van der Waals surface area (Å²) in [6.07, 6.45) is -2.46. The Hall–Kier alpha value is -0.600. The zero-order valence-electron chi connectivity index (χ0n) is 10.3. The zero-order chi connectivity index (χ0) is 15.5. The summed E-state index contributed by atoms with van der Waals surface area (Å²) < 4.78 is 106. The van der Waals surface area contributed by atoms with Gasteiger partial charge in [0.05, 0.1) is 0 Å². The lowest BCUT2D eigenvalue weighted by atomic mass is 10.1. The largest absolute Gasteiger partial charge is 0.368 e. The number of rotatable bonds is 8. The smallest absolute Gasteiger partial charge is 0.332 e. The van der Waals surface area contributed by atoms with Crippen LogP contribution in [-0.4, -0.2) is 36.9 Å². The zero-order valence-corrected chi connectivity index (χ0v) is 10.3. The highest BCUT2D eigenvalue weighted by Crippen LogP contribution is 2.39. The van der Waals surface area contributed by atoms with Crippen LogP contribution in [0, 0.1) is 0 Å². The minimum absolute atomic E-state index is 0.772. The summed E-state index contributed by atoms with van der Waals surface area (Å²) >= 11 is 0. The molecule has 0 aromatic rings. The molecule has 0 aromatic heterocycles. The molecule has 0 bridgehead atoms. The topological polar surface area (TPSA) is 9.23 Å². The molecular formula is C10H14F8O. The third-order valence-corrected chi connectivity index (χ3v) is 2.52. The van der Waals surface area contributed by atoms with Gasteiger partial charge in [0.25, 0.3) is 0 Å². The Balaban J connectivity index is 4.54. The van der Waals surface area contributed by atoms with Crippen molar-refractivity contribution in [2.75, 3.05) is 13.2 Å². The molecule has 0 saturated heterocycles. The molecule has 0 aromatic carbocycles. The van der Waals surface area contributed by atoms with Gasteiger partial charge in [-0.3, -0.25) is 0 Å². The lowest BCUT2D eigenvalue weighted by Crippen LogP contribution is -2.47. The SMILES string of the molecule is CCC(F)(F)C(F)(F)COCC(F)(F)C(F)(F)CC. The van der Waals surface area contributed by atoms with Gasteiger partial charge in [-0.05, 0) is 0 Å². The second-order valence-corrected chi connectivity index (χ2v) is 4.02. The van der Waals surface area contributed by atoms with Crippen LogP contribution in [-0.2, 0) is 4.74 Å². The van der Waals surface area contributed by atoms with Crippen LogP contribution in [0.25, 0.3) is 0 Å². The summed E-state index contributed by atoms with van der Waals surface area (Å²) in [5, 5.41) is 0. The Morgan fingerprint density at radius 2 is 0.842 bits per heavy atom. The Bertz CT molecular complexity index is 261. The number of halogens is 8. The first-order chi connectivity index (χ1) is 8.33. The molecule has 0 heterocycles. The molecule has 0 aliphatic rings. The molecule has 0 amide bonds. The van der Waals surface area contributed by atoms with E-state index in [9.17, 15) is 35.1 Å². The van der Waals surface area contributed by atoms with Gasteiger partial charge in [-0.25, -0.2) is 0 Å². The van der Waals surface area contributed by atoms with Crippen molar-refractivity contribution >= 4 is 0 Å². The van der Waals surface area contributed by atoms with Crippen molar-refractivity contribution < 1.29 is 39.9 Å². The van der Waals surface area contributed by atoms with E-state index in [4.69, 9.17) is 0 Å². The number of alkyl halides is 8. The molecule has 0 N–H and O–H groups in total. The standard InChI is InChI=1S/C10H14F8O/c1-3-7(11,12)9(15,16)5-19-6-10(17,18)8(13,14)4-2/h3-6H2,1-2H3.